The fourth-order valence-corrected chi connectivity index (χ4v) is 2.67. The molecule has 0 saturated carbocycles. The molecule has 1 aromatic carbocycles. The second kappa shape index (κ2) is 4.08. The molecule has 0 spiro atoms. The quantitative estimate of drug-likeness (QED) is 0.788. The Kier molecular flexibility index (Phi) is 2.56. The van der Waals surface area contributed by atoms with Gasteiger partial charge in [0.2, 0.25) is 0 Å². The molecule has 17 heavy (non-hydrogen) atoms. The Morgan fingerprint density at radius 2 is 1.94 bits per heavy atom. The molecule has 1 aliphatic heterocycles. The van der Waals surface area contributed by atoms with E-state index in [1.807, 2.05) is 18.3 Å². The van der Waals surface area contributed by atoms with Gasteiger partial charge in [0.25, 0.3) is 0 Å². The molecule has 1 fully saturated rings. The number of nitrogen functional groups attached to an aromatic ring is 1. The first-order valence-electron chi connectivity index (χ1n) is 5.84. The average Bonchev–Trinajstić information content (AvgIpc) is 2.81. The Bertz CT molecular complexity index is 562. The van der Waals surface area contributed by atoms with Gasteiger partial charge in [0.15, 0.2) is 0 Å². The van der Waals surface area contributed by atoms with Crippen LogP contribution >= 0.6 is 11.6 Å². The maximum absolute atomic E-state index is 6.08. The molecule has 0 radical (unpaired) electrons. The van der Waals surface area contributed by atoms with Gasteiger partial charge in [-0.05, 0) is 31.0 Å². The molecule has 3 nitrogen and oxygen atoms in total. The van der Waals surface area contributed by atoms with Crippen molar-refractivity contribution in [3.05, 3.63) is 29.4 Å². The van der Waals surface area contributed by atoms with E-state index in [4.69, 9.17) is 17.3 Å². The Hall–Kier alpha value is -1.48. The van der Waals surface area contributed by atoms with E-state index in [1.165, 1.54) is 12.8 Å². The third-order valence-electron chi connectivity index (χ3n) is 3.26. The number of pyridine rings is 1. The van der Waals surface area contributed by atoms with E-state index in [2.05, 4.69) is 9.88 Å². The van der Waals surface area contributed by atoms with Gasteiger partial charge in [-0.25, -0.2) is 4.98 Å². The van der Waals surface area contributed by atoms with E-state index in [1.54, 1.807) is 6.07 Å². The summed E-state index contributed by atoms with van der Waals surface area (Å²) in [5, 5.41) is 2.76. The largest absolute Gasteiger partial charge is 0.398 e. The third-order valence-corrected chi connectivity index (χ3v) is 3.48. The molecule has 88 valence electrons. The minimum Gasteiger partial charge on any atom is -0.398 e. The maximum atomic E-state index is 6.08. The Balaban J connectivity index is 2.24. The van der Waals surface area contributed by atoms with E-state index in [0.717, 1.165) is 35.4 Å². The molecule has 0 amide bonds. The minimum atomic E-state index is 0.670. The lowest BCUT2D eigenvalue weighted by atomic mass is 10.1. The third kappa shape index (κ3) is 1.80. The van der Waals surface area contributed by atoms with Crippen LogP contribution in [0.4, 0.5) is 11.5 Å². The number of anilines is 2. The number of rotatable bonds is 1. The standard InChI is InChI=1S/C13H14ClN3/c14-9-7-11-10(12(15)8-9)3-4-16-13(11)17-5-1-2-6-17/h3-4,7-8H,1-2,5-6,15H2. The van der Waals surface area contributed by atoms with E-state index in [-0.39, 0.29) is 0 Å². The summed E-state index contributed by atoms with van der Waals surface area (Å²) in [4.78, 5) is 6.79. The zero-order valence-corrected chi connectivity index (χ0v) is 10.2. The number of nitrogens with two attached hydrogens (primary N) is 1. The summed E-state index contributed by atoms with van der Waals surface area (Å²) in [7, 11) is 0. The van der Waals surface area contributed by atoms with Gasteiger partial charge in [0.05, 0.1) is 0 Å². The lowest BCUT2D eigenvalue weighted by Gasteiger charge is -2.18. The molecule has 2 aromatic rings. The van der Waals surface area contributed by atoms with Gasteiger partial charge < -0.3 is 10.6 Å². The molecule has 3 rings (SSSR count). The van der Waals surface area contributed by atoms with E-state index in [9.17, 15) is 0 Å². The topological polar surface area (TPSA) is 42.1 Å². The molecule has 0 aliphatic carbocycles. The first kappa shape index (κ1) is 10.7. The fourth-order valence-electron chi connectivity index (χ4n) is 2.44. The van der Waals surface area contributed by atoms with E-state index < -0.39 is 0 Å². The van der Waals surface area contributed by atoms with Gasteiger partial charge in [-0.15, -0.1) is 0 Å². The van der Waals surface area contributed by atoms with Gasteiger partial charge in [-0.2, -0.15) is 0 Å². The summed E-state index contributed by atoms with van der Waals surface area (Å²) in [5.41, 5.74) is 6.71. The second-order valence-electron chi connectivity index (χ2n) is 4.42. The lowest BCUT2D eigenvalue weighted by Crippen LogP contribution is -2.19. The number of benzene rings is 1. The van der Waals surface area contributed by atoms with Gasteiger partial charge in [0.1, 0.15) is 5.82 Å². The van der Waals surface area contributed by atoms with Crippen LogP contribution in [0.2, 0.25) is 5.02 Å². The second-order valence-corrected chi connectivity index (χ2v) is 4.86. The van der Waals surface area contributed by atoms with Crippen molar-refractivity contribution in [2.45, 2.75) is 12.8 Å². The summed E-state index contributed by atoms with van der Waals surface area (Å²) >= 11 is 6.08. The molecule has 2 heterocycles. The number of fused-ring (bicyclic) bond motifs is 1. The number of hydrogen-bond acceptors (Lipinski definition) is 3. The van der Waals surface area contributed by atoms with Crippen molar-refractivity contribution in [2.75, 3.05) is 23.7 Å². The van der Waals surface area contributed by atoms with Crippen LogP contribution in [-0.4, -0.2) is 18.1 Å². The summed E-state index contributed by atoms with van der Waals surface area (Å²) in [6.45, 7) is 2.14. The maximum Gasteiger partial charge on any atom is 0.136 e. The molecule has 0 bridgehead atoms. The van der Waals surface area contributed by atoms with Crippen molar-refractivity contribution in [3.8, 4) is 0 Å². The van der Waals surface area contributed by atoms with Crippen LogP contribution in [0.1, 0.15) is 12.8 Å². The predicted molar refractivity (Wildman–Crippen MR) is 72.6 cm³/mol. The molecule has 1 aliphatic rings. The highest BCUT2D eigenvalue weighted by molar-refractivity contribution is 6.32. The number of hydrogen-bond donors (Lipinski definition) is 1. The monoisotopic (exact) mass is 247 g/mol. The fraction of sp³-hybridized carbons (Fsp3) is 0.308. The minimum absolute atomic E-state index is 0.670. The predicted octanol–water partition coefficient (Wildman–Crippen LogP) is 3.07. The smallest absolute Gasteiger partial charge is 0.136 e. The number of halogens is 1. The highest BCUT2D eigenvalue weighted by Crippen LogP contribution is 2.32. The molecular weight excluding hydrogens is 234 g/mol. The molecule has 0 atom stereocenters. The molecule has 0 unspecified atom stereocenters. The van der Waals surface area contributed by atoms with Crippen LogP contribution in [0.5, 0.6) is 0 Å². The van der Waals surface area contributed by atoms with Crippen LogP contribution in [0, 0.1) is 0 Å². The van der Waals surface area contributed by atoms with Crippen LogP contribution in [0.15, 0.2) is 24.4 Å². The van der Waals surface area contributed by atoms with Gasteiger partial charge in [-0.3, -0.25) is 0 Å². The molecular formula is C13H14ClN3. The van der Waals surface area contributed by atoms with Crippen LogP contribution in [0.25, 0.3) is 10.8 Å². The Morgan fingerprint density at radius 1 is 1.18 bits per heavy atom. The van der Waals surface area contributed by atoms with Crippen LogP contribution in [-0.2, 0) is 0 Å². The highest BCUT2D eigenvalue weighted by atomic mass is 35.5. The van der Waals surface area contributed by atoms with Gasteiger partial charge in [0, 0.05) is 40.8 Å². The zero-order valence-electron chi connectivity index (χ0n) is 9.49. The molecule has 1 aromatic heterocycles. The first-order valence-corrected chi connectivity index (χ1v) is 6.22. The SMILES string of the molecule is Nc1cc(Cl)cc2c(N3CCCC3)nccc12. The van der Waals surface area contributed by atoms with Crippen molar-refractivity contribution in [3.63, 3.8) is 0 Å². The van der Waals surface area contributed by atoms with Crippen LogP contribution < -0.4 is 10.6 Å². The average molecular weight is 248 g/mol. The summed E-state index contributed by atoms with van der Waals surface area (Å²) < 4.78 is 0. The van der Waals surface area contributed by atoms with E-state index in [0.29, 0.717) is 5.02 Å². The van der Waals surface area contributed by atoms with Crippen molar-refractivity contribution in [1.82, 2.24) is 4.98 Å². The highest BCUT2D eigenvalue weighted by Gasteiger charge is 2.16. The summed E-state index contributed by atoms with van der Waals surface area (Å²) in [5.74, 6) is 1.01. The van der Waals surface area contributed by atoms with Gasteiger partial charge >= 0.3 is 0 Å². The Labute approximate surface area is 105 Å². The molecule has 2 N–H and O–H groups in total. The zero-order chi connectivity index (χ0) is 11.8. The first-order chi connectivity index (χ1) is 8.25. The van der Waals surface area contributed by atoms with E-state index >= 15 is 0 Å². The lowest BCUT2D eigenvalue weighted by molar-refractivity contribution is 0.946. The van der Waals surface area contributed by atoms with Crippen molar-refractivity contribution >= 4 is 33.9 Å². The van der Waals surface area contributed by atoms with Crippen molar-refractivity contribution in [1.29, 1.82) is 0 Å². The summed E-state index contributed by atoms with van der Waals surface area (Å²) in [6, 6.07) is 5.69. The molecule has 4 heteroatoms. The molecule has 1 saturated heterocycles. The van der Waals surface area contributed by atoms with Gasteiger partial charge in [-0.1, -0.05) is 11.6 Å². The normalized spacial score (nSPS) is 15.7. The van der Waals surface area contributed by atoms with Crippen LogP contribution in [0.3, 0.4) is 0 Å². The number of nitrogens with zero attached hydrogens (tertiary/aromatic N) is 2. The van der Waals surface area contributed by atoms with Crippen molar-refractivity contribution in [2.24, 2.45) is 0 Å². The number of aromatic nitrogens is 1. The Morgan fingerprint density at radius 3 is 2.71 bits per heavy atom. The summed E-state index contributed by atoms with van der Waals surface area (Å²) in [6.07, 6.45) is 4.28. The van der Waals surface area contributed by atoms with Crippen molar-refractivity contribution < 1.29 is 0 Å².